The lowest BCUT2D eigenvalue weighted by atomic mass is 9.95. The Balaban J connectivity index is 1.75. The summed E-state index contributed by atoms with van der Waals surface area (Å²) in [6.07, 6.45) is 8.76. The number of aromatic nitrogens is 4. The van der Waals surface area contributed by atoms with Crippen molar-refractivity contribution in [2.24, 2.45) is 5.41 Å². The molecule has 0 aromatic carbocycles. The third-order valence-electron chi connectivity index (χ3n) is 4.12. The molecule has 1 saturated heterocycles. The molecule has 17 heavy (non-hydrogen) atoms. The van der Waals surface area contributed by atoms with E-state index in [2.05, 4.69) is 24.8 Å². The lowest BCUT2D eigenvalue weighted by Crippen LogP contribution is -2.37. The fourth-order valence-corrected chi connectivity index (χ4v) is 2.97. The van der Waals surface area contributed by atoms with Crippen LogP contribution in [0.25, 0.3) is 11.2 Å². The van der Waals surface area contributed by atoms with Gasteiger partial charge in [0.25, 0.3) is 0 Å². The number of nitrogens with zero attached hydrogens (tertiary/aromatic N) is 4. The molecular weight excluding hydrogens is 214 g/mol. The summed E-state index contributed by atoms with van der Waals surface area (Å²) in [6.45, 7) is 2.25. The molecule has 2 aromatic rings. The number of hydrogen-bond donors (Lipinski definition) is 1. The zero-order valence-corrected chi connectivity index (χ0v) is 9.69. The van der Waals surface area contributed by atoms with Gasteiger partial charge in [-0.15, -0.1) is 0 Å². The maximum atomic E-state index is 4.44. The van der Waals surface area contributed by atoms with Crippen molar-refractivity contribution >= 4 is 17.0 Å². The van der Waals surface area contributed by atoms with E-state index in [0.717, 1.165) is 30.1 Å². The number of hydrogen-bond acceptors (Lipinski definition) is 4. The zero-order valence-electron chi connectivity index (χ0n) is 9.69. The zero-order chi connectivity index (χ0) is 11.3. The summed E-state index contributed by atoms with van der Waals surface area (Å²) in [5.74, 6) is 1.03. The molecule has 1 N–H and O–H groups in total. The van der Waals surface area contributed by atoms with Gasteiger partial charge < -0.3 is 9.88 Å². The van der Waals surface area contributed by atoms with Crippen LogP contribution in [0.4, 0.5) is 5.82 Å². The summed E-state index contributed by atoms with van der Waals surface area (Å²) in [6, 6.07) is 0. The first-order valence-electron chi connectivity index (χ1n) is 6.25. The molecule has 0 radical (unpaired) electrons. The summed E-state index contributed by atoms with van der Waals surface area (Å²) in [7, 11) is 0. The molecule has 3 heterocycles. The van der Waals surface area contributed by atoms with Crippen LogP contribution in [0.1, 0.15) is 25.7 Å². The number of nitrogens with one attached hydrogen (secondary N) is 1. The third kappa shape index (κ3) is 1.41. The lowest BCUT2D eigenvalue weighted by Gasteiger charge is -2.33. The highest BCUT2D eigenvalue weighted by atomic mass is 15.2. The summed E-state index contributed by atoms with van der Waals surface area (Å²) >= 11 is 0. The maximum absolute atomic E-state index is 4.44. The largest absolute Gasteiger partial charge is 0.354 e. The van der Waals surface area contributed by atoms with Crippen LogP contribution in [0.15, 0.2) is 12.7 Å². The van der Waals surface area contributed by atoms with Crippen LogP contribution < -0.4 is 4.90 Å². The highest BCUT2D eigenvalue weighted by Gasteiger charge is 2.45. The Morgan fingerprint density at radius 2 is 2.12 bits per heavy atom. The molecule has 1 aliphatic carbocycles. The quantitative estimate of drug-likeness (QED) is 0.809. The maximum Gasteiger partial charge on any atom is 0.182 e. The molecular formula is C12H15N5. The van der Waals surface area contributed by atoms with E-state index in [1.807, 2.05) is 0 Å². The van der Waals surface area contributed by atoms with E-state index < -0.39 is 0 Å². The van der Waals surface area contributed by atoms with Crippen LogP contribution in [0.3, 0.4) is 0 Å². The van der Waals surface area contributed by atoms with E-state index in [4.69, 9.17) is 0 Å². The number of H-pyrrole nitrogens is 1. The van der Waals surface area contributed by atoms with Crippen molar-refractivity contribution in [1.29, 1.82) is 0 Å². The minimum Gasteiger partial charge on any atom is -0.354 e. The van der Waals surface area contributed by atoms with E-state index in [9.17, 15) is 0 Å². The van der Waals surface area contributed by atoms with Gasteiger partial charge >= 0.3 is 0 Å². The van der Waals surface area contributed by atoms with Gasteiger partial charge in [0.05, 0.1) is 6.33 Å². The highest BCUT2D eigenvalue weighted by Crippen LogP contribution is 2.52. The first-order chi connectivity index (χ1) is 8.36. The van der Waals surface area contributed by atoms with Gasteiger partial charge in [0.15, 0.2) is 11.5 Å². The number of fused-ring (bicyclic) bond motifs is 1. The number of rotatable bonds is 1. The minimum absolute atomic E-state index is 0.607. The van der Waals surface area contributed by atoms with Crippen molar-refractivity contribution in [2.45, 2.75) is 25.7 Å². The molecule has 4 rings (SSSR count). The topological polar surface area (TPSA) is 57.7 Å². The Morgan fingerprint density at radius 1 is 1.18 bits per heavy atom. The van der Waals surface area contributed by atoms with Gasteiger partial charge in [-0.05, 0) is 31.1 Å². The molecule has 0 bridgehead atoms. The van der Waals surface area contributed by atoms with Crippen molar-refractivity contribution in [3.05, 3.63) is 12.7 Å². The predicted octanol–water partition coefficient (Wildman–Crippen LogP) is 1.73. The van der Waals surface area contributed by atoms with Crippen LogP contribution in [-0.4, -0.2) is 33.0 Å². The molecule has 5 heteroatoms. The fraction of sp³-hybridized carbons (Fsp3) is 0.583. The molecule has 1 saturated carbocycles. The Bertz CT molecular complexity index is 557. The van der Waals surface area contributed by atoms with Crippen molar-refractivity contribution in [2.75, 3.05) is 18.0 Å². The van der Waals surface area contributed by atoms with Gasteiger partial charge in [-0.25, -0.2) is 15.0 Å². The van der Waals surface area contributed by atoms with E-state index in [1.165, 1.54) is 25.7 Å². The predicted molar refractivity (Wildman–Crippen MR) is 64.8 cm³/mol. The normalized spacial score (nSPS) is 22.2. The number of piperidine rings is 1. The van der Waals surface area contributed by atoms with Gasteiger partial charge in [0.2, 0.25) is 0 Å². The summed E-state index contributed by atoms with van der Waals surface area (Å²) < 4.78 is 0. The average molecular weight is 229 g/mol. The summed E-state index contributed by atoms with van der Waals surface area (Å²) in [5, 5.41) is 0. The van der Waals surface area contributed by atoms with Crippen LogP contribution >= 0.6 is 0 Å². The number of aromatic amines is 1. The standard InChI is InChI=1S/C12H15N5/c1-2-12(3-4-12)6-17(5-1)11-9-10(14-7-13-9)15-8-16-11/h7-8H,1-6H2,(H,13,14,15,16). The Labute approximate surface area is 99.3 Å². The molecule has 0 atom stereocenters. The van der Waals surface area contributed by atoms with Crippen LogP contribution in [0.2, 0.25) is 0 Å². The number of imidazole rings is 1. The molecule has 88 valence electrons. The average Bonchev–Trinajstić information content (AvgIpc) is 2.94. The second kappa shape index (κ2) is 3.18. The van der Waals surface area contributed by atoms with E-state index in [1.54, 1.807) is 12.7 Å². The second-order valence-electron chi connectivity index (χ2n) is 5.32. The SMILES string of the molecule is c1nc(N2CCCC3(CC3)C2)c2[nH]cnc2n1. The Hall–Kier alpha value is -1.65. The van der Waals surface area contributed by atoms with Crippen LogP contribution in [0, 0.1) is 5.41 Å². The van der Waals surface area contributed by atoms with Gasteiger partial charge in [0.1, 0.15) is 11.8 Å². The summed E-state index contributed by atoms with van der Waals surface area (Å²) in [5.41, 5.74) is 2.35. The molecule has 2 aromatic heterocycles. The van der Waals surface area contributed by atoms with E-state index in [0.29, 0.717) is 5.41 Å². The van der Waals surface area contributed by atoms with Gasteiger partial charge in [-0.1, -0.05) is 0 Å². The van der Waals surface area contributed by atoms with E-state index in [-0.39, 0.29) is 0 Å². The highest BCUT2D eigenvalue weighted by molar-refractivity contribution is 5.82. The molecule has 0 unspecified atom stereocenters. The van der Waals surface area contributed by atoms with Crippen molar-refractivity contribution in [1.82, 2.24) is 19.9 Å². The minimum atomic E-state index is 0.607. The first-order valence-corrected chi connectivity index (χ1v) is 6.25. The van der Waals surface area contributed by atoms with Crippen molar-refractivity contribution < 1.29 is 0 Å². The lowest BCUT2D eigenvalue weighted by molar-refractivity contribution is 0.394. The monoisotopic (exact) mass is 229 g/mol. The molecule has 0 amide bonds. The first kappa shape index (κ1) is 9.39. The summed E-state index contributed by atoms with van der Waals surface area (Å²) in [4.78, 5) is 18.4. The molecule has 2 aliphatic rings. The molecule has 2 fully saturated rings. The van der Waals surface area contributed by atoms with Crippen molar-refractivity contribution in [3.63, 3.8) is 0 Å². The van der Waals surface area contributed by atoms with Gasteiger partial charge in [0, 0.05) is 13.1 Å². The smallest absolute Gasteiger partial charge is 0.182 e. The van der Waals surface area contributed by atoms with Crippen molar-refractivity contribution in [3.8, 4) is 0 Å². The fourth-order valence-electron chi connectivity index (χ4n) is 2.97. The molecule has 5 nitrogen and oxygen atoms in total. The Morgan fingerprint density at radius 3 is 3.00 bits per heavy atom. The third-order valence-corrected chi connectivity index (χ3v) is 4.12. The van der Waals surface area contributed by atoms with Crippen LogP contribution in [0.5, 0.6) is 0 Å². The second-order valence-corrected chi connectivity index (χ2v) is 5.32. The van der Waals surface area contributed by atoms with Gasteiger partial charge in [-0.3, -0.25) is 0 Å². The van der Waals surface area contributed by atoms with Gasteiger partial charge in [-0.2, -0.15) is 0 Å². The Kier molecular flexibility index (Phi) is 1.76. The van der Waals surface area contributed by atoms with Crippen LogP contribution in [-0.2, 0) is 0 Å². The number of anilines is 1. The molecule has 1 aliphatic heterocycles. The van der Waals surface area contributed by atoms with E-state index >= 15 is 0 Å². The molecule has 1 spiro atoms.